The second-order valence-corrected chi connectivity index (χ2v) is 15.8. The van der Waals surface area contributed by atoms with Gasteiger partial charge >= 0.3 is 6.09 Å². The first kappa shape index (κ1) is 46.9. The van der Waals surface area contributed by atoms with Gasteiger partial charge in [-0.15, -0.1) is 0 Å². The molecule has 348 valence electrons. The van der Waals surface area contributed by atoms with Crippen LogP contribution >= 0.6 is 0 Å². The largest absolute Gasteiger partial charge is 0.496 e. The molecule has 22 nitrogen and oxygen atoms in total. The molecule has 6 heterocycles. The fraction of sp³-hybridized carbons (Fsp3) is 0.356. The van der Waals surface area contributed by atoms with Crippen molar-refractivity contribution in [1.82, 2.24) is 50.5 Å². The fourth-order valence-electron chi connectivity index (χ4n) is 6.73. The van der Waals surface area contributed by atoms with Gasteiger partial charge in [0.05, 0.1) is 81.3 Å². The van der Waals surface area contributed by atoms with Gasteiger partial charge in [0, 0.05) is 31.8 Å². The summed E-state index contributed by atoms with van der Waals surface area (Å²) in [5.41, 5.74) is 2.70. The van der Waals surface area contributed by atoms with Crippen molar-refractivity contribution in [3.05, 3.63) is 84.7 Å². The van der Waals surface area contributed by atoms with Crippen LogP contribution in [0, 0.1) is 22.7 Å². The lowest BCUT2D eigenvalue weighted by molar-refractivity contribution is -0.0556. The molecular formula is C45H50N14O8. The Bertz CT molecular complexity index is 2650. The van der Waals surface area contributed by atoms with E-state index in [-0.39, 0.29) is 36.3 Å². The van der Waals surface area contributed by atoms with Gasteiger partial charge in [0.1, 0.15) is 77.8 Å². The first-order valence-electron chi connectivity index (χ1n) is 21.1. The van der Waals surface area contributed by atoms with Crippen LogP contribution in [-0.2, 0) is 14.2 Å². The maximum Gasteiger partial charge on any atom is 0.410 e. The van der Waals surface area contributed by atoms with Gasteiger partial charge in [-0.1, -0.05) is 12.1 Å². The molecule has 8 rings (SSSR count). The lowest BCUT2D eigenvalue weighted by atomic mass is 10.1. The van der Waals surface area contributed by atoms with E-state index in [1.807, 2.05) is 75.4 Å². The van der Waals surface area contributed by atoms with Crippen molar-refractivity contribution < 1.29 is 38.0 Å². The fourth-order valence-corrected chi connectivity index (χ4v) is 6.73. The molecule has 2 atom stereocenters. The smallest absolute Gasteiger partial charge is 0.410 e. The number of methoxy groups -OCH3 is 2. The van der Waals surface area contributed by atoms with E-state index in [0.29, 0.717) is 96.1 Å². The lowest BCUT2D eigenvalue weighted by Gasteiger charge is -2.34. The molecule has 2 saturated heterocycles. The highest BCUT2D eigenvalue weighted by molar-refractivity contribution is 5.77. The van der Waals surface area contributed by atoms with E-state index in [2.05, 4.69) is 56.3 Å². The molecule has 2 aromatic carbocycles. The number of nitrogens with one attached hydrogen (secondary N) is 5. The Morgan fingerprint density at radius 2 is 1.27 bits per heavy atom. The molecule has 2 aliphatic heterocycles. The number of rotatable bonds is 14. The molecule has 2 fully saturated rings. The summed E-state index contributed by atoms with van der Waals surface area (Å²) in [6, 6.07) is 18.6. The van der Waals surface area contributed by atoms with E-state index in [1.165, 1.54) is 24.8 Å². The third-order valence-corrected chi connectivity index (χ3v) is 9.80. The molecular weight excluding hydrogens is 865 g/mol. The van der Waals surface area contributed by atoms with Gasteiger partial charge in [-0.05, 0) is 45.0 Å². The average Bonchev–Trinajstić information content (AvgIpc) is 4.02. The predicted octanol–water partition coefficient (Wildman–Crippen LogP) is 5.36. The zero-order valence-corrected chi connectivity index (χ0v) is 37.5. The van der Waals surface area contributed by atoms with Crippen molar-refractivity contribution in [1.29, 1.82) is 10.5 Å². The Labute approximate surface area is 385 Å². The number of benzene rings is 2. The van der Waals surface area contributed by atoms with E-state index >= 15 is 0 Å². The molecule has 4 aromatic heterocycles. The van der Waals surface area contributed by atoms with Gasteiger partial charge in [0.15, 0.2) is 23.0 Å². The van der Waals surface area contributed by atoms with Crippen LogP contribution in [0.1, 0.15) is 32.2 Å². The number of hydrogen-bond donors (Lipinski definition) is 5. The number of amides is 1. The van der Waals surface area contributed by atoms with Gasteiger partial charge in [-0.3, -0.25) is 10.2 Å². The molecule has 1 amide bonds. The lowest BCUT2D eigenvalue weighted by Crippen LogP contribution is -2.49. The van der Waals surface area contributed by atoms with Crippen LogP contribution < -0.4 is 34.9 Å². The maximum atomic E-state index is 12.5. The summed E-state index contributed by atoms with van der Waals surface area (Å²) < 4.78 is 40.4. The molecule has 67 heavy (non-hydrogen) atoms. The molecule has 0 radical (unpaired) electrons. The zero-order chi connectivity index (χ0) is 47.2. The van der Waals surface area contributed by atoms with Gasteiger partial charge in [0.25, 0.3) is 0 Å². The number of carbonyl (C=O) groups excluding carboxylic acids is 1. The van der Waals surface area contributed by atoms with Gasteiger partial charge < -0.3 is 54.0 Å². The molecule has 0 bridgehead atoms. The van der Waals surface area contributed by atoms with Crippen molar-refractivity contribution >= 4 is 29.4 Å². The number of morpholine rings is 2. The normalized spacial score (nSPS) is 15.7. The van der Waals surface area contributed by atoms with Crippen molar-refractivity contribution in [3.63, 3.8) is 0 Å². The predicted molar refractivity (Wildman–Crippen MR) is 242 cm³/mol. The van der Waals surface area contributed by atoms with E-state index in [1.54, 1.807) is 25.2 Å². The minimum Gasteiger partial charge on any atom is -0.496 e. The molecule has 0 unspecified atom stereocenters. The maximum absolute atomic E-state index is 12.5. The second kappa shape index (κ2) is 22.2. The van der Waals surface area contributed by atoms with Crippen molar-refractivity contribution in [3.8, 4) is 57.7 Å². The third kappa shape index (κ3) is 12.8. The highest BCUT2D eigenvalue weighted by Crippen LogP contribution is 2.40. The number of H-pyrrole nitrogens is 2. The number of hydrogen-bond acceptors (Lipinski definition) is 19. The van der Waals surface area contributed by atoms with E-state index in [9.17, 15) is 4.79 Å². The molecule has 0 spiro atoms. The van der Waals surface area contributed by atoms with Crippen LogP contribution in [0.2, 0.25) is 0 Å². The summed E-state index contributed by atoms with van der Waals surface area (Å²) >= 11 is 0. The second-order valence-electron chi connectivity index (χ2n) is 15.8. The van der Waals surface area contributed by atoms with Crippen LogP contribution in [-0.4, -0.2) is 136 Å². The Balaban J connectivity index is 0.000000203. The highest BCUT2D eigenvalue weighted by Gasteiger charge is 2.29. The van der Waals surface area contributed by atoms with Crippen LogP contribution in [0.4, 0.5) is 28.1 Å². The zero-order valence-electron chi connectivity index (χ0n) is 37.5. The molecule has 0 aliphatic carbocycles. The van der Waals surface area contributed by atoms with Gasteiger partial charge in [-0.25, -0.2) is 24.7 Å². The number of nitriles is 2. The standard InChI is InChI=1S/C25H29N7O5.C20H21N7O3/c1-25(2,3)37-24(33)32-8-9-35-17(14-32)15-36-20-7-5-6-19(34-4)23(20)18-10-21(31-30-18)29-22-13-27-16(11-26)12-28-22;1-28-16-3-2-4-17(30-12-14-10-22-5-6-29-14)20(16)15-7-18(27-26-15)25-19-11-23-13(8-21)9-24-19/h5-7,10,12-13,17H,8-9,14-15H2,1-4H3,(H2,28,29,30,31);2-4,7,9,11,14,22H,5-6,10,12H2,1H3,(H2,24,25,26,27)/t17-;14-/m11/s1. The first-order valence-corrected chi connectivity index (χ1v) is 21.1. The van der Waals surface area contributed by atoms with Crippen molar-refractivity contribution in [2.45, 2.75) is 38.6 Å². The first-order chi connectivity index (χ1) is 32.5. The topological polar surface area (TPSA) is 278 Å². The van der Waals surface area contributed by atoms with Crippen LogP contribution in [0.15, 0.2) is 73.3 Å². The Hall–Kier alpha value is -8.05. The molecule has 5 N–H and O–H groups in total. The minimum atomic E-state index is -0.568. The third-order valence-electron chi connectivity index (χ3n) is 9.80. The Morgan fingerprint density at radius 3 is 1.73 bits per heavy atom. The quantitative estimate of drug-likeness (QED) is 0.0919. The van der Waals surface area contributed by atoms with E-state index in [0.717, 1.165) is 18.7 Å². The van der Waals surface area contributed by atoms with Gasteiger partial charge in [-0.2, -0.15) is 20.7 Å². The summed E-state index contributed by atoms with van der Waals surface area (Å²) in [5.74, 6) is 4.43. The monoisotopic (exact) mass is 914 g/mol. The average molecular weight is 915 g/mol. The summed E-state index contributed by atoms with van der Waals surface area (Å²) in [6.07, 6.45) is 5.00. The van der Waals surface area contributed by atoms with Crippen LogP contribution in [0.3, 0.4) is 0 Å². The molecule has 2 aliphatic rings. The van der Waals surface area contributed by atoms with Crippen LogP contribution in [0.25, 0.3) is 22.5 Å². The number of ether oxygens (including phenoxy) is 7. The van der Waals surface area contributed by atoms with Crippen molar-refractivity contribution in [2.24, 2.45) is 0 Å². The molecule has 6 aromatic rings. The Morgan fingerprint density at radius 1 is 0.746 bits per heavy atom. The number of anilines is 4. The van der Waals surface area contributed by atoms with Gasteiger partial charge in [0.2, 0.25) is 0 Å². The molecule has 22 heteroatoms. The summed E-state index contributed by atoms with van der Waals surface area (Å²) in [5, 5.41) is 41.7. The molecule has 0 saturated carbocycles. The summed E-state index contributed by atoms with van der Waals surface area (Å²) in [7, 11) is 3.19. The SMILES string of the molecule is COc1cccc(OC[C@H]2CN(C(=O)OC(C)(C)C)CCO2)c1-c1cc(Nc2cnc(C#N)cn2)n[nH]1.COc1cccc(OC[C@H]2CNCCO2)c1-c1cc(Nc2cnc(C#N)cn2)n[nH]1. The summed E-state index contributed by atoms with van der Waals surface area (Å²) in [4.78, 5) is 30.4. The van der Waals surface area contributed by atoms with Crippen LogP contribution in [0.5, 0.6) is 23.0 Å². The summed E-state index contributed by atoms with van der Waals surface area (Å²) in [6.45, 7) is 9.66. The minimum absolute atomic E-state index is 0.00764. The number of aromatic amines is 2. The highest BCUT2D eigenvalue weighted by atomic mass is 16.6. The van der Waals surface area contributed by atoms with E-state index in [4.69, 9.17) is 43.7 Å². The van der Waals surface area contributed by atoms with E-state index < -0.39 is 5.60 Å². The number of aromatic nitrogens is 8. The number of carbonyl (C=O) groups is 1. The Kier molecular flexibility index (Phi) is 15.6. The number of nitrogens with zero attached hydrogens (tertiary/aromatic N) is 9. The van der Waals surface area contributed by atoms with Crippen molar-refractivity contribution in [2.75, 3.05) is 77.5 Å².